The molecule has 0 bridgehead atoms. The van der Waals surface area contributed by atoms with Crippen LogP contribution in [0.3, 0.4) is 0 Å². The number of nitrogens with one attached hydrogen (secondary N) is 2. The molecule has 1 saturated heterocycles. The number of hydrogen-bond acceptors (Lipinski definition) is 5. The van der Waals surface area contributed by atoms with Crippen LogP contribution in [0.2, 0.25) is 0 Å². The Morgan fingerprint density at radius 2 is 2.12 bits per heavy atom. The van der Waals surface area contributed by atoms with Gasteiger partial charge in [0, 0.05) is 44.3 Å². The number of halogens is 1. The summed E-state index contributed by atoms with van der Waals surface area (Å²) in [5.41, 5.74) is 2.20. The van der Waals surface area contributed by atoms with Gasteiger partial charge < -0.3 is 20.3 Å². The number of aliphatic imine (C=N–C) groups is 1. The van der Waals surface area contributed by atoms with E-state index in [1.165, 1.54) is 0 Å². The smallest absolute Gasteiger partial charge is 0.191 e. The number of ether oxygens (including phenoxy) is 1. The van der Waals surface area contributed by atoms with Gasteiger partial charge in [0.25, 0.3) is 0 Å². The Kier molecular flexibility index (Phi) is 8.72. The van der Waals surface area contributed by atoms with Crippen molar-refractivity contribution in [2.24, 2.45) is 4.99 Å². The minimum atomic E-state index is 0. The lowest BCUT2D eigenvalue weighted by molar-refractivity contribution is 0.415. The van der Waals surface area contributed by atoms with E-state index in [0.29, 0.717) is 12.6 Å². The SMILES string of the molecule is CCNC(=NCc1ccc(-n2ccnc2)nc1)NC1CCN(c2ccccc2OC)C1.I. The highest BCUT2D eigenvalue weighted by Crippen LogP contribution is 2.30. The van der Waals surface area contributed by atoms with Gasteiger partial charge in [-0.3, -0.25) is 4.57 Å². The molecule has 0 radical (unpaired) electrons. The van der Waals surface area contributed by atoms with Crippen LogP contribution >= 0.6 is 24.0 Å². The third-order valence-electron chi connectivity index (χ3n) is 5.30. The van der Waals surface area contributed by atoms with E-state index in [0.717, 1.165) is 54.8 Å². The number of guanidine groups is 1. The zero-order chi connectivity index (χ0) is 21.5. The van der Waals surface area contributed by atoms with Crippen molar-refractivity contribution in [3.8, 4) is 11.6 Å². The van der Waals surface area contributed by atoms with Crippen LogP contribution in [0.25, 0.3) is 5.82 Å². The van der Waals surface area contributed by atoms with Crippen molar-refractivity contribution in [3.63, 3.8) is 0 Å². The monoisotopic (exact) mass is 547 g/mol. The molecule has 0 aliphatic carbocycles. The van der Waals surface area contributed by atoms with Crippen molar-refractivity contribution in [3.05, 3.63) is 66.9 Å². The van der Waals surface area contributed by atoms with Gasteiger partial charge in [0.1, 0.15) is 17.9 Å². The van der Waals surface area contributed by atoms with E-state index in [9.17, 15) is 0 Å². The largest absolute Gasteiger partial charge is 0.495 e. The maximum Gasteiger partial charge on any atom is 0.191 e. The first-order valence-electron chi connectivity index (χ1n) is 10.6. The average molecular weight is 547 g/mol. The summed E-state index contributed by atoms with van der Waals surface area (Å²) in [6, 6.07) is 12.5. The van der Waals surface area contributed by atoms with Crippen molar-refractivity contribution < 1.29 is 4.74 Å². The zero-order valence-corrected chi connectivity index (χ0v) is 20.8. The van der Waals surface area contributed by atoms with Crippen molar-refractivity contribution >= 4 is 35.6 Å². The third-order valence-corrected chi connectivity index (χ3v) is 5.30. The molecule has 1 unspecified atom stereocenters. The molecular weight excluding hydrogens is 517 g/mol. The molecule has 9 heteroatoms. The first kappa shape index (κ1) is 23.8. The minimum absolute atomic E-state index is 0. The second-order valence-electron chi connectivity index (χ2n) is 7.44. The lowest BCUT2D eigenvalue weighted by Crippen LogP contribution is -2.44. The first-order chi connectivity index (χ1) is 15.3. The summed E-state index contributed by atoms with van der Waals surface area (Å²) in [7, 11) is 1.72. The summed E-state index contributed by atoms with van der Waals surface area (Å²) in [6.45, 7) is 5.35. The highest BCUT2D eigenvalue weighted by atomic mass is 127. The highest BCUT2D eigenvalue weighted by molar-refractivity contribution is 14.0. The Balaban J connectivity index is 0.00000289. The number of hydrogen-bond donors (Lipinski definition) is 2. The fourth-order valence-electron chi connectivity index (χ4n) is 3.73. The van der Waals surface area contributed by atoms with E-state index in [2.05, 4.69) is 44.6 Å². The summed E-state index contributed by atoms with van der Waals surface area (Å²) in [6.07, 6.45) is 8.27. The molecule has 3 aromatic rings. The van der Waals surface area contributed by atoms with Crippen molar-refractivity contribution in [1.29, 1.82) is 0 Å². The molecule has 8 nitrogen and oxygen atoms in total. The van der Waals surface area contributed by atoms with Crippen LogP contribution < -0.4 is 20.3 Å². The molecule has 1 fully saturated rings. The van der Waals surface area contributed by atoms with Gasteiger partial charge >= 0.3 is 0 Å². The van der Waals surface area contributed by atoms with Gasteiger partial charge in [-0.15, -0.1) is 24.0 Å². The lowest BCUT2D eigenvalue weighted by atomic mass is 10.2. The van der Waals surface area contributed by atoms with Crippen LogP contribution in [0.5, 0.6) is 5.75 Å². The second-order valence-corrected chi connectivity index (χ2v) is 7.44. The number of imidazole rings is 1. The molecule has 1 atom stereocenters. The Morgan fingerprint density at radius 3 is 2.84 bits per heavy atom. The van der Waals surface area contributed by atoms with Crippen LogP contribution in [0, 0.1) is 0 Å². The Labute approximate surface area is 206 Å². The highest BCUT2D eigenvalue weighted by Gasteiger charge is 2.25. The summed E-state index contributed by atoms with van der Waals surface area (Å²) in [4.78, 5) is 15.7. The normalized spacial score (nSPS) is 15.9. The van der Waals surface area contributed by atoms with E-state index in [-0.39, 0.29) is 24.0 Å². The Hall–Kier alpha value is -2.82. The maximum atomic E-state index is 5.52. The van der Waals surface area contributed by atoms with Crippen molar-refractivity contribution in [2.75, 3.05) is 31.6 Å². The molecule has 32 heavy (non-hydrogen) atoms. The number of rotatable bonds is 7. The van der Waals surface area contributed by atoms with Gasteiger partial charge in [0.05, 0.1) is 19.3 Å². The number of benzene rings is 1. The van der Waals surface area contributed by atoms with E-state index < -0.39 is 0 Å². The van der Waals surface area contributed by atoms with Gasteiger partial charge in [0.15, 0.2) is 5.96 Å². The molecular formula is C23H30IN7O. The first-order valence-corrected chi connectivity index (χ1v) is 10.6. The summed E-state index contributed by atoms with van der Waals surface area (Å²) in [5, 5.41) is 6.94. The van der Waals surface area contributed by atoms with Gasteiger partial charge in [-0.1, -0.05) is 18.2 Å². The topological polar surface area (TPSA) is 79.6 Å². The Bertz CT molecular complexity index is 992. The molecule has 0 spiro atoms. The quantitative estimate of drug-likeness (QED) is 0.269. The number of methoxy groups -OCH3 is 1. The zero-order valence-electron chi connectivity index (χ0n) is 18.4. The molecule has 1 aromatic carbocycles. The summed E-state index contributed by atoms with van der Waals surface area (Å²) < 4.78 is 7.40. The molecule has 2 aromatic heterocycles. The fourth-order valence-corrected chi connectivity index (χ4v) is 3.73. The van der Waals surface area contributed by atoms with E-state index in [1.807, 2.05) is 41.2 Å². The van der Waals surface area contributed by atoms with Crippen LogP contribution in [-0.2, 0) is 6.54 Å². The predicted molar refractivity (Wildman–Crippen MR) is 138 cm³/mol. The minimum Gasteiger partial charge on any atom is -0.495 e. The van der Waals surface area contributed by atoms with Gasteiger partial charge in [-0.2, -0.15) is 0 Å². The van der Waals surface area contributed by atoms with E-state index >= 15 is 0 Å². The summed E-state index contributed by atoms with van der Waals surface area (Å²) >= 11 is 0. The number of nitrogens with zero attached hydrogens (tertiary/aromatic N) is 5. The lowest BCUT2D eigenvalue weighted by Gasteiger charge is -2.22. The van der Waals surface area contributed by atoms with E-state index in [1.54, 1.807) is 19.6 Å². The molecule has 0 saturated carbocycles. The molecule has 0 amide bonds. The predicted octanol–water partition coefficient (Wildman–Crippen LogP) is 3.23. The second kappa shape index (κ2) is 11.7. The van der Waals surface area contributed by atoms with E-state index in [4.69, 9.17) is 9.73 Å². The van der Waals surface area contributed by atoms with Gasteiger partial charge in [-0.25, -0.2) is 15.0 Å². The summed E-state index contributed by atoms with van der Waals surface area (Å²) in [5.74, 6) is 2.58. The molecule has 170 valence electrons. The van der Waals surface area contributed by atoms with Crippen LogP contribution in [0.4, 0.5) is 5.69 Å². The van der Waals surface area contributed by atoms with Crippen molar-refractivity contribution in [1.82, 2.24) is 25.2 Å². The third kappa shape index (κ3) is 5.90. The molecule has 1 aliphatic heterocycles. The molecule has 1 aliphatic rings. The molecule has 4 rings (SSSR count). The standard InChI is InChI=1S/C23H29N7O.HI/c1-3-25-23(27-15-18-8-9-22(26-14-18)30-13-11-24-17-30)28-19-10-12-29(16-19)20-6-4-5-7-21(20)31-2;/h4-9,11,13-14,17,19H,3,10,12,15-16H2,1-2H3,(H2,25,27,28);1H. The number of para-hydroxylation sites is 2. The maximum absolute atomic E-state index is 5.52. The van der Waals surface area contributed by atoms with Crippen LogP contribution in [0.15, 0.2) is 66.3 Å². The van der Waals surface area contributed by atoms with Crippen LogP contribution in [-0.4, -0.2) is 53.3 Å². The Morgan fingerprint density at radius 1 is 1.25 bits per heavy atom. The fraction of sp³-hybridized carbons (Fsp3) is 0.348. The average Bonchev–Trinajstić information content (AvgIpc) is 3.50. The molecule has 2 N–H and O–H groups in total. The number of pyridine rings is 1. The number of aromatic nitrogens is 3. The van der Waals surface area contributed by atoms with Gasteiger partial charge in [0.2, 0.25) is 0 Å². The number of anilines is 1. The van der Waals surface area contributed by atoms with Crippen LogP contribution in [0.1, 0.15) is 18.9 Å². The van der Waals surface area contributed by atoms with Gasteiger partial charge in [-0.05, 0) is 37.1 Å². The van der Waals surface area contributed by atoms with Crippen molar-refractivity contribution in [2.45, 2.75) is 25.9 Å². The molecule has 3 heterocycles.